The first-order chi connectivity index (χ1) is 9.14. The topological polar surface area (TPSA) is 113 Å². The fraction of sp³-hybridized carbons (Fsp3) is 0.417. The van der Waals surface area contributed by atoms with E-state index in [1.807, 2.05) is 6.92 Å². The van der Waals surface area contributed by atoms with Gasteiger partial charge in [0.25, 0.3) is 10.2 Å². The first-order valence-electron chi connectivity index (χ1n) is 6.11. The first-order valence-corrected chi connectivity index (χ1v) is 7.66. The summed E-state index contributed by atoms with van der Waals surface area (Å²) in [7, 11) is -3.83. The quantitative estimate of drug-likeness (QED) is 0.617. The number of nitrogens with two attached hydrogens (primary N) is 1. The van der Waals surface area contributed by atoms with Crippen LogP contribution in [0.25, 0.3) is 0 Å². The predicted molar refractivity (Wildman–Crippen MR) is 79.6 cm³/mol. The summed E-state index contributed by atoms with van der Waals surface area (Å²) in [5, 5.41) is 10.7. The minimum Gasteiger partial charge on any atom is -0.324 e. The largest absolute Gasteiger partial charge is 0.324 e. The second kappa shape index (κ2) is 6.21. The highest BCUT2D eigenvalue weighted by Gasteiger charge is 2.26. The average Bonchev–Trinajstić information content (AvgIpc) is 2.26. The molecule has 0 bridgehead atoms. The van der Waals surface area contributed by atoms with Crippen LogP contribution in [0.4, 0.5) is 11.4 Å². The van der Waals surface area contributed by atoms with E-state index in [4.69, 9.17) is 5.14 Å². The highest BCUT2D eigenvalue weighted by atomic mass is 32.2. The van der Waals surface area contributed by atoms with E-state index in [0.29, 0.717) is 12.2 Å². The molecule has 0 radical (unpaired) electrons. The van der Waals surface area contributed by atoms with Gasteiger partial charge in [0.15, 0.2) is 0 Å². The summed E-state index contributed by atoms with van der Waals surface area (Å²) in [6.45, 7) is 6.09. The number of nitrogens with one attached hydrogen (secondary N) is 3. The molecule has 0 aliphatic rings. The maximum Gasteiger partial charge on any atom is 0.296 e. The molecule has 7 nitrogen and oxygen atoms in total. The number of amides is 1. The fourth-order valence-electron chi connectivity index (χ4n) is 1.63. The molecule has 1 aromatic carbocycles. The number of likely N-dealkylation sites (N-methyl/N-ethyl adjacent to an activating group) is 1. The Morgan fingerprint density at radius 1 is 1.30 bits per heavy atom. The molecule has 0 saturated heterocycles. The van der Waals surface area contributed by atoms with Gasteiger partial charge in [-0.25, -0.2) is 5.14 Å². The van der Waals surface area contributed by atoms with Crippen molar-refractivity contribution in [3.63, 3.8) is 0 Å². The van der Waals surface area contributed by atoms with Crippen molar-refractivity contribution in [3.05, 3.63) is 24.3 Å². The molecule has 8 heteroatoms. The van der Waals surface area contributed by atoms with E-state index in [1.165, 1.54) is 12.1 Å². The van der Waals surface area contributed by atoms with Crippen molar-refractivity contribution >= 4 is 27.5 Å². The smallest absolute Gasteiger partial charge is 0.296 e. The zero-order valence-corrected chi connectivity index (χ0v) is 12.5. The van der Waals surface area contributed by atoms with Crippen LogP contribution >= 0.6 is 0 Å². The molecular formula is C12H20N4O3S. The average molecular weight is 300 g/mol. The van der Waals surface area contributed by atoms with Crippen LogP contribution in [-0.2, 0) is 15.0 Å². The van der Waals surface area contributed by atoms with Crippen molar-refractivity contribution in [2.45, 2.75) is 26.3 Å². The summed E-state index contributed by atoms with van der Waals surface area (Å²) < 4.78 is 24.0. The second-order valence-electron chi connectivity index (χ2n) is 4.84. The molecule has 0 aliphatic carbocycles. The second-order valence-corrected chi connectivity index (χ2v) is 6.13. The van der Waals surface area contributed by atoms with Crippen LogP contribution in [-0.4, -0.2) is 26.4 Å². The Morgan fingerprint density at radius 2 is 1.90 bits per heavy atom. The minimum atomic E-state index is -3.83. The van der Waals surface area contributed by atoms with Gasteiger partial charge >= 0.3 is 0 Å². The van der Waals surface area contributed by atoms with Crippen LogP contribution in [0.3, 0.4) is 0 Å². The normalized spacial score (nSPS) is 12.0. The summed E-state index contributed by atoms with van der Waals surface area (Å²) in [5.41, 5.74) is 0.0409. The van der Waals surface area contributed by atoms with Crippen LogP contribution in [0.5, 0.6) is 0 Å². The number of carbonyl (C=O) groups excluding carboxylic acids is 1. The van der Waals surface area contributed by atoms with Gasteiger partial charge in [-0.05, 0) is 38.6 Å². The Hall–Kier alpha value is -1.64. The van der Waals surface area contributed by atoms with Crippen LogP contribution in [0, 0.1) is 0 Å². The third-order valence-electron chi connectivity index (χ3n) is 2.57. The summed E-state index contributed by atoms with van der Waals surface area (Å²) in [6, 6.07) is 6.30. The molecular weight excluding hydrogens is 280 g/mol. The van der Waals surface area contributed by atoms with Crippen molar-refractivity contribution in [2.24, 2.45) is 5.14 Å². The van der Waals surface area contributed by atoms with Gasteiger partial charge < -0.3 is 10.6 Å². The van der Waals surface area contributed by atoms with E-state index in [0.717, 1.165) is 0 Å². The monoisotopic (exact) mass is 300 g/mol. The zero-order valence-electron chi connectivity index (χ0n) is 11.7. The van der Waals surface area contributed by atoms with Gasteiger partial charge in [0.2, 0.25) is 5.91 Å². The van der Waals surface area contributed by atoms with Crippen molar-refractivity contribution in [1.82, 2.24) is 5.32 Å². The zero-order chi connectivity index (χ0) is 15.4. The van der Waals surface area contributed by atoms with Crippen LogP contribution < -0.4 is 20.5 Å². The number of hydrogen-bond donors (Lipinski definition) is 4. The lowest BCUT2D eigenvalue weighted by Crippen LogP contribution is -2.49. The number of hydrogen-bond acceptors (Lipinski definition) is 4. The van der Waals surface area contributed by atoms with E-state index in [2.05, 4.69) is 15.4 Å². The Labute approximate surface area is 119 Å². The van der Waals surface area contributed by atoms with Crippen molar-refractivity contribution in [1.29, 1.82) is 0 Å². The van der Waals surface area contributed by atoms with Gasteiger partial charge in [-0.15, -0.1) is 0 Å². The molecule has 0 spiro atoms. The van der Waals surface area contributed by atoms with Crippen LogP contribution in [0.2, 0.25) is 0 Å². The number of benzene rings is 1. The van der Waals surface area contributed by atoms with E-state index in [-0.39, 0.29) is 11.6 Å². The van der Waals surface area contributed by atoms with Gasteiger partial charge in [0.1, 0.15) is 0 Å². The summed E-state index contributed by atoms with van der Waals surface area (Å²) in [5.74, 6) is -0.216. The molecule has 0 unspecified atom stereocenters. The Kier molecular flexibility index (Phi) is 5.09. The lowest BCUT2D eigenvalue weighted by molar-refractivity contribution is -0.121. The van der Waals surface area contributed by atoms with Crippen molar-refractivity contribution < 1.29 is 13.2 Å². The first kappa shape index (κ1) is 16.4. The Balaban J connectivity index is 2.84. The third kappa shape index (κ3) is 5.16. The molecule has 0 saturated carbocycles. The molecule has 0 fully saturated rings. The molecule has 0 heterocycles. The van der Waals surface area contributed by atoms with E-state index < -0.39 is 15.7 Å². The number of anilines is 2. The van der Waals surface area contributed by atoms with Gasteiger partial charge in [-0.3, -0.25) is 9.52 Å². The minimum absolute atomic E-state index is 0.216. The maximum absolute atomic E-state index is 12.1. The Morgan fingerprint density at radius 3 is 2.45 bits per heavy atom. The van der Waals surface area contributed by atoms with Crippen LogP contribution in [0.15, 0.2) is 24.3 Å². The molecule has 1 aromatic rings. The van der Waals surface area contributed by atoms with Gasteiger partial charge in [0.05, 0.1) is 11.2 Å². The highest BCUT2D eigenvalue weighted by Crippen LogP contribution is 2.17. The van der Waals surface area contributed by atoms with Gasteiger partial charge in [-0.1, -0.05) is 13.0 Å². The molecule has 0 atom stereocenters. The Bertz CT molecular complexity index is 584. The van der Waals surface area contributed by atoms with Crippen LogP contribution in [0.1, 0.15) is 20.8 Å². The molecule has 112 valence electrons. The maximum atomic E-state index is 12.1. The standard InChI is InChI=1S/C12H20N4O3S/c1-4-14-12(2,3)11(17)15-9-6-5-7-10(8-9)16-20(13,18)19/h5-8,14,16H,4H2,1-3H3,(H,15,17)(H2,13,18,19). The highest BCUT2D eigenvalue weighted by molar-refractivity contribution is 7.90. The predicted octanol–water partition coefficient (Wildman–Crippen LogP) is 0.629. The molecule has 5 N–H and O–H groups in total. The van der Waals surface area contributed by atoms with Crippen molar-refractivity contribution in [2.75, 3.05) is 16.6 Å². The molecule has 20 heavy (non-hydrogen) atoms. The van der Waals surface area contributed by atoms with E-state index in [1.54, 1.807) is 26.0 Å². The summed E-state index contributed by atoms with van der Waals surface area (Å²) >= 11 is 0. The molecule has 1 amide bonds. The lowest BCUT2D eigenvalue weighted by atomic mass is 10.0. The fourth-order valence-corrected chi connectivity index (χ4v) is 2.09. The third-order valence-corrected chi connectivity index (χ3v) is 3.09. The van der Waals surface area contributed by atoms with Gasteiger partial charge in [0, 0.05) is 5.69 Å². The molecule has 1 rings (SSSR count). The summed E-state index contributed by atoms with van der Waals surface area (Å²) in [6.07, 6.45) is 0. The van der Waals surface area contributed by atoms with Crippen molar-refractivity contribution in [3.8, 4) is 0 Å². The number of carbonyl (C=O) groups is 1. The summed E-state index contributed by atoms with van der Waals surface area (Å²) in [4.78, 5) is 12.1. The SMILES string of the molecule is CCNC(C)(C)C(=O)Nc1cccc(NS(N)(=O)=O)c1. The number of rotatable bonds is 6. The molecule has 0 aromatic heterocycles. The van der Waals surface area contributed by atoms with Gasteiger partial charge in [-0.2, -0.15) is 8.42 Å². The lowest BCUT2D eigenvalue weighted by Gasteiger charge is -2.24. The van der Waals surface area contributed by atoms with E-state index >= 15 is 0 Å². The molecule has 0 aliphatic heterocycles. The van der Waals surface area contributed by atoms with E-state index in [9.17, 15) is 13.2 Å².